The molecule has 15 heavy (non-hydrogen) atoms. The first-order valence-electron chi connectivity index (χ1n) is 5.25. The lowest BCUT2D eigenvalue weighted by molar-refractivity contribution is 0.0710. The summed E-state index contributed by atoms with van der Waals surface area (Å²) in [7, 11) is 0. The SMILES string of the molecule is Cc1cccc2c1NCN(C(C)C)C2=O. The molecule has 2 rings (SSSR count). The fourth-order valence-corrected chi connectivity index (χ4v) is 1.89. The zero-order chi connectivity index (χ0) is 11.0. The van der Waals surface area contributed by atoms with E-state index in [2.05, 4.69) is 5.32 Å². The maximum atomic E-state index is 12.1. The lowest BCUT2D eigenvalue weighted by atomic mass is 10.0. The number of carbonyl (C=O) groups is 1. The van der Waals surface area contributed by atoms with Crippen molar-refractivity contribution in [3.05, 3.63) is 29.3 Å². The molecule has 1 aliphatic rings. The summed E-state index contributed by atoms with van der Waals surface area (Å²) in [5.41, 5.74) is 2.90. The highest BCUT2D eigenvalue weighted by Crippen LogP contribution is 2.26. The minimum atomic E-state index is 0.127. The number of hydrogen-bond acceptors (Lipinski definition) is 2. The van der Waals surface area contributed by atoms with Crippen LogP contribution >= 0.6 is 0 Å². The van der Waals surface area contributed by atoms with Crippen LogP contribution in [-0.2, 0) is 0 Å². The number of fused-ring (bicyclic) bond motifs is 1. The van der Waals surface area contributed by atoms with Gasteiger partial charge in [0.15, 0.2) is 0 Å². The van der Waals surface area contributed by atoms with E-state index in [1.807, 2.05) is 43.9 Å². The predicted molar refractivity (Wildman–Crippen MR) is 61.0 cm³/mol. The third-order valence-corrected chi connectivity index (χ3v) is 2.81. The minimum Gasteiger partial charge on any atom is -0.367 e. The first-order valence-corrected chi connectivity index (χ1v) is 5.25. The van der Waals surface area contributed by atoms with Gasteiger partial charge in [-0.3, -0.25) is 4.79 Å². The van der Waals surface area contributed by atoms with E-state index >= 15 is 0 Å². The van der Waals surface area contributed by atoms with Crippen LogP contribution in [0.5, 0.6) is 0 Å². The second kappa shape index (κ2) is 3.57. The van der Waals surface area contributed by atoms with E-state index in [1.165, 1.54) is 0 Å². The van der Waals surface area contributed by atoms with Gasteiger partial charge in [0.25, 0.3) is 5.91 Å². The molecule has 1 aromatic rings. The number of nitrogens with zero attached hydrogens (tertiary/aromatic N) is 1. The van der Waals surface area contributed by atoms with Crippen molar-refractivity contribution < 1.29 is 4.79 Å². The van der Waals surface area contributed by atoms with Gasteiger partial charge in [-0.25, -0.2) is 0 Å². The van der Waals surface area contributed by atoms with Gasteiger partial charge >= 0.3 is 0 Å². The molecule has 0 saturated heterocycles. The predicted octanol–water partition coefficient (Wildman–Crippen LogP) is 2.23. The molecule has 3 heteroatoms. The molecule has 0 radical (unpaired) electrons. The first kappa shape index (κ1) is 10.0. The maximum absolute atomic E-state index is 12.1. The van der Waals surface area contributed by atoms with E-state index in [1.54, 1.807) is 0 Å². The average molecular weight is 204 g/mol. The van der Waals surface area contributed by atoms with Crippen molar-refractivity contribution in [3.8, 4) is 0 Å². The largest absolute Gasteiger partial charge is 0.367 e. The molecule has 80 valence electrons. The summed E-state index contributed by atoms with van der Waals surface area (Å²) in [6, 6.07) is 6.06. The fourth-order valence-electron chi connectivity index (χ4n) is 1.89. The van der Waals surface area contributed by atoms with Crippen molar-refractivity contribution in [1.29, 1.82) is 0 Å². The van der Waals surface area contributed by atoms with Crippen molar-refractivity contribution in [1.82, 2.24) is 4.90 Å². The Bertz CT molecular complexity index is 399. The summed E-state index contributed by atoms with van der Waals surface area (Å²) >= 11 is 0. The zero-order valence-corrected chi connectivity index (χ0v) is 9.37. The molecule has 0 atom stereocenters. The van der Waals surface area contributed by atoms with Gasteiger partial charge in [-0.15, -0.1) is 0 Å². The number of para-hydroxylation sites is 1. The number of anilines is 1. The number of aryl methyl sites for hydroxylation is 1. The molecule has 1 amide bonds. The monoisotopic (exact) mass is 204 g/mol. The van der Waals surface area contributed by atoms with E-state index in [4.69, 9.17) is 0 Å². The van der Waals surface area contributed by atoms with Crippen LogP contribution in [0.2, 0.25) is 0 Å². The van der Waals surface area contributed by atoms with E-state index < -0.39 is 0 Å². The quantitative estimate of drug-likeness (QED) is 0.760. The summed E-state index contributed by atoms with van der Waals surface area (Å²) in [5, 5.41) is 3.30. The summed E-state index contributed by atoms with van der Waals surface area (Å²) in [6.45, 7) is 6.68. The molecule has 0 bridgehead atoms. The third kappa shape index (κ3) is 1.58. The lowest BCUT2D eigenvalue weighted by Crippen LogP contribution is -2.44. The first-order chi connectivity index (χ1) is 7.11. The molecule has 0 fully saturated rings. The fraction of sp³-hybridized carbons (Fsp3) is 0.417. The smallest absolute Gasteiger partial charge is 0.257 e. The Morgan fingerprint density at radius 2 is 2.13 bits per heavy atom. The highest BCUT2D eigenvalue weighted by Gasteiger charge is 2.26. The summed E-state index contributed by atoms with van der Waals surface area (Å²) < 4.78 is 0. The number of rotatable bonds is 1. The average Bonchev–Trinajstić information content (AvgIpc) is 2.19. The van der Waals surface area contributed by atoms with Gasteiger partial charge in [-0.2, -0.15) is 0 Å². The zero-order valence-electron chi connectivity index (χ0n) is 9.37. The Morgan fingerprint density at radius 1 is 1.40 bits per heavy atom. The molecule has 1 aromatic carbocycles. The van der Waals surface area contributed by atoms with Crippen LogP contribution in [0.4, 0.5) is 5.69 Å². The van der Waals surface area contributed by atoms with Crippen LogP contribution in [0.3, 0.4) is 0 Å². The molecule has 0 spiro atoms. The van der Waals surface area contributed by atoms with Gasteiger partial charge in [0.05, 0.1) is 17.9 Å². The van der Waals surface area contributed by atoms with Crippen molar-refractivity contribution in [2.24, 2.45) is 0 Å². The lowest BCUT2D eigenvalue weighted by Gasteiger charge is -2.33. The third-order valence-electron chi connectivity index (χ3n) is 2.81. The highest BCUT2D eigenvalue weighted by molar-refractivity contribution is 6.02. The Morgan fingerprint density at radius 3 is 2.80 bits per heavy atom. The van der Waals surface area contributed by atoms with Crippen LogP contribution < -0.4 is 5.32 Å². The molecular formula is C12H16N2O. The number of amides is 1. The Balaban J connectivity index is 2.43. The van der Waals surface area contributed by atoms with Crippen LogP contribution in [0.15, 0.2) is 18.2 Å². The van der Waals surface area contributed by atoms with Gasteiger partial charge in [-0.05, 0) is 32.4 Å². The van der Waals surface area contributed by atoms with Crippen molar-refractivity contribution in [2.45, 2.75) is 26.8 Å². The van der Waals surface area contributed by atoms with Gasteiger partial charge in [0.1, 0.15) is 0 Å². The van der Waals surface area contributed by atoms with Gasteiger partial charge < -0.3 is 10.2 Å². The molecule has 0 aliphatic carbocycles. The summed E-state index contributed by atoms with van der Waals surface area (Å²) in [6.07, 6.45) is 0. The second-order valence-corrected chi connectivity index (χ2v) is 4.20. The van der Waals surface area contributed by atoms with E-state index in [-0.39, 0.29) is 11.9 Å². The Labute approximate surface area is 90.1 Å². The van der Waals surface area contributed by atoms with Crippen LogP contribution in [0, 0.1) is 6.92 Å². The summed E-state index contributed by atoms with van der Waals surface area (Å²) in [5.74, 6) is 0.127. The van der Waals surface area contributed by atoms with Crippen LogP contribution in [-0.4, -0.2) is 23.5 Å². The highest BCUT2D eigenvalue weighted by atomic mass is 16.2. The van der Waals surface area contributed by atoms with E-state index in [0.29, 0.717) is 6.67 Å². The molecule has 0 aromatic heterocycles. The second-order valence-electron chi connectivity index (χ2n) is 4.20. The molecule has 3 nitrogen and oxygen atoms in total. The van der Waals surface area contributed by atoms with Gasteiger partial charge in [0, 0.05) is 6.04 Å². The molecule has 1 heterocycles. The van der Waals surface area contributed by atoms with Crippen molar-refractivity contribution in [2.75, 3.05) is 12.0 Å². The number of nitrogens with one attached hydrogen (secondary N) is 1. The van der Waals surface area contributed by atoms with E-state index in [0.717, 1.165) is 16.8 Å². The van der Waals surface area contributed by atoms with Crippen molar-refractivity contribution in [3.63, 3.8) is 0 Å². The minimum absolute atomic E-state index is 0.127. The molecule has 0 unspecified atom stereocenters. The van der Waals surface area contributed by atoms with Gasteiger partial charge in [-0.1, -0.05) is 12.1 Å². The van der Waals surface area contributed by atoms with E-state index in [9.17, 15) is 4.79 Å². The number of carbonyl (C=O) groups excluding carboxylic acids is 1. The summed E-state index contributed by atoms with van der Waals surface area (Å²) in [4.78, 5) is 13.9. The maximum Gasteiger partial charge on any atom is 0.257 e. The van der Waals surface area contributed by atoms with Crippen molar-refractivity contribution >= 4 is 11.6 Å². The molecule has 1 N–H and O–H groups in total. The Hall–Kier alpha value is -1.51. The molecule has 0 saturated carbocycles. The molecule has 1 aliphatic heterocycles. The topological polar surface area (TPSA) is 32.3 Å². The number of hydrogen-bond donors (Lipinski definition) is 1. The van der Waals surface area contributed by atoms with Gasteiger partial charge in [0.2, 0.25) is 0 Å². The normalized spacial score (nSPS) is 15.2. The van der Waals surface area contributed by atoms with Crippen LogP contribution in [0.25, 0.3) is 0 Å². The standard InChI is InChI=1S/C12H16N2O/c1-8(2)14-7-13-11-9(3)5-4-6-10(11)12(14)15/h4-6,8,13H,7H2,1-3H3. The number of benzene rings is 1. The Kier molecular flexibility index (Phi) is 2.39. The van der Waals surface area contributed by atoms with Crippen LogP contribution in [0.1, 0.15) is 29.8 Å². The molecular weight excluding hydrogens is 188 g/mol.